The molecule has 0 spiro atoms. The Bertz CT molecular complexity index is 297. The molecule has 0 aromatic carbocycles. The summed E-state index contributed by atoms with van der Waals surface area (Å²) in [4.78, 5) is 23.2. The minimum Gasteiger partial charge on any atom is -0.466 e. The monoisotopic (exact) mass is 286 g/mol. The van der Waals surface area contributed by atoms with Gasteiger partial charge < -0.3 is 9.47 Å². The lowest BCUT2D eigenvalue weighted by Gasteiger charge is -2.29. The molecule has 0 rings (SSSR count). The fourth-order valence-electron chi connectivity index (χ4n) is 1.93. The molecule has 20 heavy (non-hydrogen) atoms. The van der Waals surface area contributed by atoms with Gasteiger partial charge in [0, 0.05) is 0 Å². The molecule has 2 atom stereocenters. The largest absolute Gasteiger partial charge is 0.466 e. The molecule has 0 fully saturated rings. The van der Waals surface area contributed by atoms with Crippen LogP contribution in [0.4, 0.5) is 0 Å². The molecule has 0 amide bonds. The zero-order valence-corrected chi connectivity index (χ0v) is 13.8. The molecule has 0 radical (unpaired) electrons. The molecule has 118 valence electrons. The number of hydrogen-bond donors (Lipinski definition) is 0. The molecule has 0 aromatic rings. The Morgan fingerprint density at radius 2 is 1.45 bits per heavy atom. The number of carbonyl (C=O) groups is 2. The van der Waals surface area contributed by atoms with Crippen LogP contribution >= 0.6 is 0 Å². The molecule has 0 saturated heterocycles. The summed E-state index contributed by atoms with van der Waals surface area (Å²) in [6, 6.07) is 0. The summed E-state index contributed by atoms with van der Waals surface area (Å²) in [6.07, 6.45) is 0.877. The average Bonchev–Trinajstić information content (AvgIpc) is 2.38. The van der Waals surface area contributed by atoms with Gasteiger partial charge in [-0.15, -0.1) is 0 Å². The zero-order valence-electron chi connectivity index (χ0n) is 13.8. The van der Waals surface area contributed by atoms with Crippen LogP contribution in [0, 0.1) is 17.8 Å². The Kier molecular flexibility index (Phi) is 9.26. The number of ether oxygens (including phenoxy) is 2. The lowest BCUT2D eigenvalue weighted by atomic mass is 9.86. The summed E-state index contributed by atoms with van der Waals surface area (Å²) >= 11 is 0. The van der Waals surface area contributed by atoms with Crippen molar-refractivity contribution in [2.24, 2.45) is 17.8 Å². The number of esters is 2. The van der Waals surface area contributed by atoms with E-state index in [1.165, 1.54) is 0 Å². The maximum Gasteiger partial charge on any atom is 0.306 e. The highest BCUT2D eigenvalue weighted by Crippen LogP contribution is 2.24. The van der Waals surface area contributed by atoms with E-state index in [1.807, 2.05) is 20.8 Å². The minimum absolute atomic E-state index is 0.0938. The first-order valence-electron chi connectivity index (χ1n) is 7.64. The molecule has 4 nitrogen and oxygen atoms in total. The highest BCUT2D eigenvalue weighted by Gasteiger charge is 2.27. The van der Waals surface area contributed by atoms with Crippen LogP contribution in [0.25, 0.3) is 0 Å². The van der Waals surface area contributed by atoms with Crippen LogP contribution in [0.15, 0.2) is 0 Å². The smallest absolute Gasteiger partial charge is 0.306 e. The highest BCUT2D eigenvalue weighted by atomic mass is 16.5. The van der Waals surface area contributed by atoms with Crippen LogP contribution in [0.5, 0.6) is 0 Å². The van der Waals surface area contributed by atoms with Crippen molar-refractivity contribution in [2.75, 3.05) is 6.61 Å². The fraction of sp³-hybridized carbons (Fsp3) is 0.875. The number of carbonyl (C=O) groups excluding carboxylic acids is 2. The second-order valence-electron chi connectivity index (χ2n) is 6.02. The number of hydrogen-bond acceptors (Lipinski definition) is 4. The standard InChI is InChI=1S/C16H30O4/c1-7-10-19-14(17)8-9-15(18)20-16(12(4)5)13(6)11(2)3/h11-13,16H,7-10H2,1-6H3. The first-order chi connectivity index (χ1) is 9.29. The highest BCUT2D eigenvalue weighted by molar-refractivity contribution is 5.77. The summed E-state index contributed by atoms with van der Waals surface area (Å²) < 4.78 is 10.5. The molecule has 0 bridgehead atoms. The van der Waals surface area contributed by atoms with Crippen molar-refractivity contribution in [1.82, 2.24) is 0 Å². The van der Waals surface area contributed by atoms with E-state index >= 15 is 0 Å². The van der Waals surface area contributed by atoms with Gasteiger partial charge in [-0.1, -0.05) is 41.5 Å². The lowest BCUT2D eigenvalue weighted by molar-refractivity contribution is -0.158. The van der Waals surface area contributed by atoms with Gasteiger partial charge in [0.25, 0.3) is 0 Å². The second kappa shape index (κ2) is 9.78. The molecule has 0 saturated carbocycles. The lowest BCUT2D eigenvalue weighted by Crippen LogP contribution is -2.33. The molecule has 0 heterocycles. The Morgan fingerprint density at radius 1 is 0.900 bits per heavy atom. The van der Waals surface area contributed by atoms with Crippen LogP contribution in [0.1, 0.15) is 60.8 Å². The number of rotatable bonds is 9. The van der Waals surface area contributed by atoms with Crippen molar-refractivity contribution in [3.05, 3.63) is 0 Å². The normalized spacial score (nSPS) is 14.2. The molecule has 0 aliphatic rings. The summed E-state index contributed by atoms with van der Waals surface area (Å²) in [5, 5.41) is 0. The van der Waals surface area contributed by atoms with Crippen LogP contribution < -0.4 is 0 Å². The van der Waals surface area contributed by atoms with Gasteiger partial charge >= 0.3 is 11.9 Å². The van der Waals surface area contributed by atoms with E-state index in [1.54, 1.807) is 0 Å². The maximum atomic E-state index is 11.8. The first kappa shape index (κ1) is 18.9. The van der Waals surface area contributed by atoms with Gasteiger partial charge in [-0.3, -0.25) is 9.59 Å². The van der Waals surface area contributed by atoms with E-state index in [0.29, 0.717) is 18.4 Å². The minimum atomic E-state index is -0.332. The maximum absolute atomic E-state index is 11.8. The third-order valence-electron chi connectivity index (χ3n) is 3.49. The van der Waals surface area contributed by atoms with Gasteiger partial charge in [0.1, 0.15) is 6.10 Å². The molecular weight excluding hydrogens is 256 g/mol. The Morgan fingerprint density at radius 3 is 1.90 bits per heavy atom. The van der Waals surface area contributed by atoms with E-state index in [9.17, 15) is 9.59 Å². The van der Waals surface area contributed by atoms with Crippen molar-refractivity contribution < 1.29 is 19.1 Å². The van der Waals surface area contributed by atoms with Crippen LogP contribution in [-0.4, -0.2) is 24.6 Å². The summed E-state index contributed by atoms with van der Waals surface area (Å²) in [6.45, 7) is 12.8. The third kappa shape index (κ3) is 7.51. The van der Waals surface area contributed by atoms with Gasteiger partial charge in [0.05, 0.1) is 19.4 Å². The molecule has 4 heteroatoms. The van der Waals surface area contributed by atoms with Crippen LogP contribution in [0.3, 0.4) is 0 Å². The fourth-order valence-corrected chi connectivity index (χ4v) is 1.93. The van der Waals surface area contributed by atoms with Gasteiger partial charge in [-0.25, -0.2) is 0 Å². The van der Waals surface area contributed by atoms with Gasteiger partial charge in [-0.2, -0.15) is 0 Å². The molecule has 0 aromatic heterocycles. The van der Waals surface area contributed by atoms with E-state index < -0.39 is 0 Å². The van der Waals surface area contributed by atoms with Crippen molar-refractivity contribution in [1.29, 1.82) is 0 Å². The van der Waals surface area contributed by atoms with E-state index in [4.69, 9.17) is 9.47 Å². The Balaban J connectivity index is 4.24. The molecule has 0 N–H and O–H groups in total. The second-order valence-corrected chi connectivity index (χ2v) is 6.02. The van der Waals surface area contributed by atoms with Gasteiger partial charge in [0.2, 0.25) is 0 Å². The molecular formula is C16H30O4. The third-order valence-corrected chi connectivity index (χ3v) is 3.49. The SMILES string of the molecule is CCCOC(=O)CCC(=O)OC(C(C)C)C(C)C(C)C. The zero-order chi connectivity index (χ0) is 15.7. The van der Waals surface area contributed by atoms with E-state index in [2.05, 4.69) is 20.8 Å². The molecule has 2 unspecified atom stereocenters. The molecule has 0 aliphatic carbocycles. The Hall–Kier alpha value is -1.06. The van der Waals surface area contributed by atoms with Gasteiger partial charge in [0.15, 0.2) is 0 Å². The summed E-state index contributed by atoms with van der Waals surface area (Å²) in [7, 11) is 0. The summed E-state index contributed by atoms with van der Waals surface area (Å²) in [5.74, 6) is 0.366. The molecule has 0 aliphatic heterocycles. The van der Waals surface area contributed by atoms with Crippen molar-refractivity contribution >= 4 is 11.9 Å². The van der Waals surface area contributed by atoms with E-state index in [0.717, 1.165) is 6.42 Å². The van der Waals surface area contributed by atoms with Crippen LogP contribution in [-0.2, 0) is 19.1 Å². The van der Waals surface area contributed by atoms with Crippen molar-refractivity contribution in [2.45, 2.75) is 66.9 Å². The van der Waals surface area contributed by atoms with E-state index in [-0.39, 0.29) is 36.8 Å². The average molecular weight is 286 g/mol. The van der Waals surface area contributed by atoms with Crippen LogP contribution in [0.2, 0.25) is 0 Å². The Labute approximate surface area is 123 Å². The predicted octanol–water partition coefficient (Wildman–Crippen LogP) is 3.58. The quantitative estimate of drug-likeness (QED) is 0.608. The van der Waals surface area contributed by atoms with Crippen molar-refractivity contribution in [3.63, 3.8) is 0 Å². The first-order valence-corrected chi connectivity index (χ1v) is 7.64. The van der Waals surface area contributed by atoms with Crippen molar-refractivity contribution in [3.8, 4) is 0 Å². The predicted molar refractivity (Wildman–Crippen MR) is 79.2 cm³/mol. The summed E-state index contributed by atoms with van der Waals surface area (Å²) in [5.41, 5.74) is 0. The topological polar surface area (TPSA) is 52.6 Å². The van der Waals surface area contributed by atoms with Gasteiger partial charge in [-0.05, 0) is 24.2 Å².